The van der Waals surface area contributed by atoms with Gasteiger partial charge in [0.25, 0.3) is 0 Å². The monoisotopic (exact) mass is 434 g/mol. The summed E-state index contributed by atoms with van der Waals surface area (Å²) in [6.07, 6.45) is -6.18. The largest absolute Gasteiger partial charge is 0.504 e. The van der Waals surface area contributed by atoms with E-state index in [-0.39, 0.29) is 28.2 Å². The van der Waals surface area contributed by atoms with Crippen molar-refractivity contribution in [3.05, 3.63) is 33.0 Å². The van der Waals surface area contributed by atoms with Crippen LogP contribution in [-0.4, -0.2) is 61.8 Å². The van der Waals surface area contributed by atoms with Gasteiger partial charge in [0.05, 0.1) is 17.4 Å². The van der Waals surface area contributed by atoms with Gasteiger partial charge < -0.3 is 48.9 Å². The van der Waals surface area contributed by atoms with Gasteiger partial charge in [0.15, 0.2) is 22.7 Å². The van der Waals surface area contributed by atoms with Gasteiger partial charge in [-0.1, -0.05) is 0 Å². The molecule has 1 fully saturated rings. The fourth-order valence-corrected chi connectivity index (χ4v) is 3.67. The van der Waals surface area contributed by atoms with Gasteiger partial charge in [-0.05, 0) is 12.1 Å². The summed E-state index contributed by atoms with van der Waals surface area (Å²) in [5, 5.41) is 59.4. The maximum atomic E-state index is 12.5. The molecule has 2 aromatic heterocycles. The Hall–Kier alpha value is -3.58. The molecule has 0 unspecified atom stereocenters. The SMILES string of the molecule is O=c1oc2c(O)c(O[C@@H]3OC[C@@H](O)[C@H](O)[C@H]3O)cc3c(=O)oc4c(O)c(O)cc1c4c23. The molecule has 0 aliphatic carbocycles. The van der Waals surface area contributed by atoms with Crippen LogP contribution in [0.25, 0.3) is 32.7 Å². The first-order chi connectivity index (χ1) is 14.7. The van der Waals surface area contributed by atoms with Crippen molar-refractivity contribution in [1.82, 2.24) is 0 Å². The molecule has 2 aromatic carbocycles. The van der Waals surface area contributed by atoms with Gasteiger partial charge in [0, 0.05) is 10.8 Å². The van der Waals surface area contributed by atoms with Crippen LogP contribution >= 0.6 is 0 Å². The molecule has 0 radical (unpaired) electrons. The van der Waals surface area contributed by atoms with Crippen molar-refractivity contribution >= 4 is 32.7 Å². The average Bonchev–Trinajstić information content (AvgIpc) is 2.73. The standard InChI is InChI=1S/C19H14O12/c20-6-1-4-9-10-5(18(27)30-15(9)12(6)23)2-8(13(24)16(10)31-17(4)26)29-19-14(25)11(22)7(21)3-28-19/h1-2,7,11,14,19-25H,3H2/t7-,11+,14-,19+/m1/s1. The van der Waals surface area contributed by atoms with E-state index in [1.165, 1.54) is 0 Å². The number of hydrogen-bond acceptors (Lipinski definition) is 12. The van der Waals surface area contributed by atoms with E-state index in [0.29, 0.717) is 0 Å². The Morgan fingerprint density at radius 3 is 2.06 bits per heavy atom. The molecule has 5 rings (SSSR count). The number of aliphatic hydroxyl groups excluding tert-OH is 3. The Morgan fingerprint density at radius 2 is 1.42 bits per heavy atom. The molecule has 12 nitrogen and oxygen atoms in total. The minimum absolute atomic E-state index is 0.0644. The van der Waals surface area contributed by atoms with Crippen molar-refractivity contribution in [1.29, 1.82) is 0 Å². The maximum Gasteiger partial charge on any atom is 0.344 e. The van der Waals surface area contributed by atoms with E-state index in [9.17, 15) is 40.2 Å². The van der Waals surface area contributed by atoms with E-state index in [1.54, 1.807) is 0 Å². The molecule has 4 atom stereocenters. The van der Waals surface area contributed by atoms with Crippen LogP contribution in [0.2, 0.25) is 0 Å². The molecule has 6 N–H and O–H groups in total. The van der Waals surface area contributed by atoms with Crippen LogP contribution < -0.4 is 16.0 Å². The van der Waals surface area contributed by atoms with E-state index in [2.05, 4.69) is 0 Å². The second-order valence-electron chi connectivity index (χ2n) is 7.12. The number of aliphatic hydroxyl groups is 3. The van der Waals surface area contributed by atoms with Gasteiger partial charge >= 0.3 is 11.3 Å². The molecule has 12 heteroatoms. The van der Waals surface area contributed by atoms with Crippen LogP contribution in [0, 0.1) is 0 Å². The fourth-order valence-electron chi connectivity index (χ4n) is 3.67. The Bertz CT molecular complexity index is 1450. The number of rotatable bonds is 2. The summed E-state index contributed by atoms with van der Waals surface area (Å²) in [4.78, 5) is 25.0. The van der Waals surface area contributed by atoms with Crippen molar-refractivity contribution in [3.63, 3.8) is 0 Å². The summed E-state index contributed by atoms with van der Waals surface area (Å²) < 4.78 is 20.7. The first kappa shape index (κ1) is 19.4. The number of aromatic hydroxyl groups is 3. The zero-order valence-corrected chi connectivity index (χ0v) is 15.3. The average molecular weight is 434 g/mol. The number of benzene rings is 2. The molecule has 1 aliphatic heterocycles. The maximum absolute atomic E-state index is 12.5. The number of phenolic OH excluding ortho intramolecular Hbond substituents is 3. The Kier molecular flexibility index (Phi) is 4.04. The molecule has 0 saturated carbocycles. The summed E-state index contributed by atoms with van der Waals surface area (Å²) in [6, 6.07) is 1.97. The number of ether oxygens (including phenoxy) is 2. The molecular weight excluding hydrogens is 420 g/mol. The highest BCUT2D eigenvalue weighted by atomic mass is 16.7. The van der Waals surface area contributed by atoms with Gasteiger partial charge in [-0.2, -0.15) is 0 Å². The highest BCUT2D eigenvalue weighted by Gasteiger charge is 2.39. The number of hydrogen-bond donors (Lipinski definition) is 6. The third-order valence-corrected chi connectivity index (χ3v) is 5.23. The molecule has 3 heterocycles. The molecule has 4 aromatic rings. The quantitative estimate of drug-likeness (QED) is 0.133. The van der Waals surface area contributed by atoms with E-state index in [1.807, 2.05) is 0 Å². The van der Waals surface area contributed by atoms with Crippen LogP contribution in [0.5, 0.6) is 23.0 Å². The zero-order valence-electron chi connectivity index (χ0n) is 15.3. The molecule has 1 saturated heterocycles. The molecule has 0 amide bonds. The lowest BCUT2D eigenvalue weighted by atomic mass is 10.0. The van der Waals surface area contributed by atoms with Crippen LogP contribution in [0.15, 0.2) is 30.6 Å². The van der Waals surface area contributed by atoms with E-state index < -0.39 is 70.0 Å². The Morgan fingerprint density at radius 1 is 0.839 bits per heavy atom. The van der Waals surface area contributed by atoms with Crippen molar-refractivity contribution in [2.75, 3.05) is 6.61 Å². The first-order valence-electron chi connectivity index (χ1n) is 8.95. The summed E-state index contributed by atoms with van der Waals surface area (Å²) in [5.41, 5.74) is -2.97. The molecular formula is C19H14O12. The Labute approximate surface area is 169 Å². The summed E-state index contributed by atoms with van der Waals surface area (Å²) in [5.74, 6) is -2.66. The van der Waals surface area contributed by atoms with Gasteiger partial charge in [0.1, 0.15) is 18.3 Å². The van der Waals surface area contributed by atoms with Crippen molar-refractivity contribution in [2.24, 2.45) is 0 Å². The zero-order chi connectivity index (χ0) is 22.2. The molecule has 0 bridgehead atoms. The topological polar surface area (TPSA) is 200 Å². The minimum Gasteiger partial charge on any atom is -0.504 e. The lowest BCUT2D eigenvalue weighted by molar-refractivity contribution is -0.242. The molecule has 31 heavy (non-hydrogen) atoms. The third kappa shape index (κ3) is 2.63. The summed E-state index contributed by atoms with van der Waals surface area (Å²) in [6.45, 7) is -0.377. The van der Waals surface area contributed by atoms with Gasteiger partial charge in [-0.15, -0.1) is 0 Å². The van der Waals surface area contributed by atoms with E-state index in [0.717, 1.165) is 12.1 Å². The van der Waals surface area contributed by atoms with Crippen LogP contribution in [-0.2, 0) is 4.74 Å². The van der Waals surface area contributed by atoms with E-state index >= 15 is 0 Å². The van der Waals surface area contributed by atoms with Crippen molar-refractivity contribution in [3.8, 4) is 23.0 Å². The fraction of sp³-hybridized carbons (Fsp3) is 0.263. The lowest BCUT2D eigenvalue weighted by Crippen LogP contribution is -2.54. The van der Waals surface area contributed by atoms with Gasteiger partial charge in [0.2, 0.25) is 17.8 Å². The highest BCUT2D eigenvalue weighted by molar-refractivity contribution is 6.22. The predicted molar refractivity (Wildman–Crippen MR) is 101 cm³/mol. The van der Waals surface area contributed by atoms with Crippen LogP contribution in [0.4, 0.5) is 0 Å². The van der Waals surface area contributed by atoms with Crippen LogP contribution in [0.1, 0.15) is 0 Å². The summed E-state index contributed by atoms with van der Waals surface area (Å²) in [7, 11) is 0. The summed E-state index contributed by atoms with van der Waals surface area (Å²) >= 11 is 0. The smallest absolute Gasteiger partial charge is 0.344 e. The normalized spacial score (nSPS) is 24.4. The Balaban J connectivity index is 1.78. The predicted octanol–water partition coefficient (Wildman–Crippen LogP) is -0.575. The second-order valence-corrected chi connectivity index (χ2v) is 7.12. The number of phenols is 3. The van der Waals surface area contributed by atoms with Crippen molar-refractivity contribution in [2.45, 2.75) is 24.6 Å². The second kappa shape index (κ2) is 6.46. The highest BCUT2D eigenvalue weighted by Crippen LogP contribution is 2.45. The molecule has 0 spiro atoms. The lowest BCUT2D eigenvalue weighted by Gasteiger charge is -2.35. The van der Waals surface area contributed by atoms with Gasteiger partial charge in [-0.25, -0.2) is 9.59 Å². The minimum atomic E-state index is -1.70. The van der Waals surface area contributed by atoms with E-state index in [4.69, 9.17) is 18.3 Å². The third-order valence-electron chi connectivity index (χ3n) is 5.23. The molecule has 162 valence electrons. The molecule has 1 aliphatic rings. The van der Waals surface area contributed by atoms with Crippen LogP contribution in [0.3, 0.4) is 0 Å². The first-order valence-corrected chi connectivity index (χ1v) is 8.95. The van der Waals surface area contributed by atoms with Crippen molar-refractivity contribution < 1.29 is 48.9 Å². The van der Waals surface area contributed by atoms with Gasteiger partial charge in [-0.3, -0.25) is 0 Å².